The zero-order valence-electron chi connectivity index (χ0n) is 32.3. The lowest BCUT2D eigenvalue weighted by molar-refractivity contribution is 0.289. The first-order valence-corrected chi connectivity index (χ1v) is 21.4. The van der Waals surface area contributed by atoms with E-state index in [0.29, 0.717) is 11.8 Å². The summed E-state index contributed by atoms with van der Waals surface area (Å²) in [7, 11) is 0. The Morgan fingerprint density at radius 3 is 1.10 bits per heavy atom. The second-order valence-corrected chi connectivity index (χ2v) is 17.0. The maximum atomic E-state index is 8.94. The van der Waals surface area contributed by atoms with Crippen LogP contribution in [0.5, 0.6) is 0 Å². The minimum absolute atomic E-state index is 0.696. The normalized spacial score (nSPS) is 29.9. The van der Waals surface area contributed by atoms with E-state index in [1.165, 1.54) is 146 Å². The Morgan fingerprint density at radius 1 is 0.451 bits per heavy atom. The number of benzene rings is 2. The monoisotopic (exact) mass is 685 g/mol. The highest BCUT2D eigenvalue weighted by atomic mass is 14.3. The van der Waals surface area contributed by atoms with Crippen molar-refractivity contribution in [2.75, 3.05) is 0 Å². The van der Waals surface area contributed by atoms with Crippen LogP contribution in [0.2, 0.25) is 0 Å². The van der Waals surface area contributed by atoms with Gasteiger partial charge in [0.1, 0.15) is 0 Å². The summed E-state index contributed by atoms with van der Waals surface area (Å²) in [6, 6.07) is 21.0. The van der Waals surface area contributed by atoms with Crippen LogP contribution >= 0.6 is 0 Å². The maximum absolute atomic E-state index is 8.94. The van der Waals surface area contributed by atoms with Crippen LogP contribution in [0.3, 0.4) is 0 Å². The van der Waals surface area contributed by atoms with Crippen molar-refractivity contribution in [3.05, 3.63) is 95.1 Å². The fraction of sp³-hybridized carbons (Fsp3) is 0.633. The number of hydrogen-bond acceptors (Lipinski definition) is 2. The molecule has 0 amide bonds. The zero-order valence-corrected chi connectivity index (χ0v) is 32.3. The SMILES string of the molecule is CCCC1CCC(C=CC2CCC(c3ccc(C#N)cc3)CC2)CC1.CCCCC1CCC(C=CC2CCC(c3ccc(C#N)cc3)CC2)CC1. The molecule has 0 radical (unpaired) electrons. The predicted molar refractivity (Wildman–Crippen MR) is 215 cm³/mol. The molecule has 4 aliphatic carbocycles. The third-order valence-corrected chi connectivity index (χ3v) is 13.3. The van der Waals surface area contributed by atoms with Crippen LogP contribution in [0, 0.1) is 58.2 Å². The Bertz CT molecular complexity index is 1390. The number of rotatable bonds is 11. The Labute approximate surface area is 312 Å². The lowest BCUT2D eigenvalue weighted by atomic mass is 9.77. The molecule has 0 aromatic heterocycles. The second-order valence-electron chi connectivity index (χ2n) is 17.0. The summed E-state index contributed by atoms with van der Waals surface area (Å²) in [6.07, 6.45) is 39.3. The lowest BCUT2D eigenvalue weighted by Gasteiger charge is -2.29. The van der Waals surface area contributed by atoms with Crippen LogP contribution in [0.4, 0.5) is 0 Å². The van der Waals surface area contributed by atoms with Crippen molar-refractivity contribution in [2.45, 2.75) is 161 Å². The molecule has 4 saturated carbocycles. The molecule has 2 nitrogen and oxygen atoms in total. The molecule has 0 saturated heterocycles. The first-order chi connectivity index (χ1) is 25.1. The first kappa shape index (κ1) is 39.1. The summed E-state index contributed by atoms with van der Waals surface area (Å²) in [5.74, 6) is 6.71. The van der Waals surface area contributed by atoms with Gasteiger partial charge < -0.3 is 0 Å². The predicted octanol–water partition coefficient (Wildman–Crippen LogP) is 14.4. The maximum Gasteiger partial charge on any atom is 0.0991 e. The molecule has 0 aliphatic heterocycles. The molecule has 274 valence electrons. The Morgan fingerprint density at radius 2 is 0.784 bits per heavy atom. The molecule has 0 N–H and O–H groups in total. The molecular formula is C49H68N2. The van der Waals surface area contributed by atoms with Crippen molar-refractivity contribution in [2.24, 2.45) is 35.5 Å². The number of nitriles is 2. The molecular weight excluding hydrogens is 617 g/mol. The van der Waals surface area contributed by atoms with Crippen molar-refractivity contribution in [3.8, 4) is 12.1 Å². The third-order valence-electron chi connectivity index (χ3n) is 13.3. The van der Waals surface area contributed by atoms with Crippen LogP contribution < -0.4 is 0 Å². The van der Waals surface area contributed by atoms with Crippen LogP contribution in [0.1, 0.15) is 183 Å². The highest BCUT2D eigenvalue weighted by molar-refractivity contribution is 5.34. The van der Waals surface area contributed by atoms with Crippen molar-refractivity contribution in [1.82, 2.24) is 0 Å². The van der Waals surface area contributed by atoms with Gasteiger partial charge >= 0.3 is 0 Å². The molecule has 51 heavy (non-hydrogen) atoms. The topological polar surface area (TPSA) is 47.6 Å². The van der Waals surface area contributed by atoms with Crippen molar-refractivity contribution >= 4 is 0 Å². The number of unbranched alkanes of at least 4 members (excludes halogenated alkanes) is 1. The van der Waals surface area contributed by atoms with Crippen LogP contribution in [0.25, 0.3) is 0 Å². The van der Waals surface area contributed by atoms with E-state index in [0.717, 1.165) is 46.6 Å². The van der Waals surface area contributed by atoms with E-state index in [2.05, 4.69) is 74.6 Å². The largest absolute Gasteiger partial charge is 0.192 e. The minimum atomic E-state index is 0.696. The van der Waals surface area contributed by atoms with Gasteiger partial charge in [-0.15, -0.1) is 0 Å². The van der Waals surface area contributed by atoms with Crippen molar-refractivity contribution in [3.63, 3.8) is 0 Å². The average Bonchev–Trinajstić information content (AvgIpc) is 3.20. The first-order valence-electron chi connectivity index (χ1n) is 21.4. The fourth-order valence-electron chi connectivity index (χ4n) is 9.82. The molecule has 0 atom stereocenters. The minimum Gasteiger partial charge on any atom is -0.192 e. The van der Waals surface area contributed by atoms with E-state index in [9.17, 15) is 0 Å². The van der Waals surface area contributed by atoms with E-state index in [4.69, 9.17) is 10.5 Å². The van der Waals surface area contributed by atoms with E-state index in [1.807, 2.05) is 24.3 Å². The van der Waals surface area contributed by atoms with Gasteiger partial charge in [-0.25, -0.2) is 0 Å². The van der Waals surface area contributed by atoms with Gasteiger partial charge in [-0.2, -0.15) is 10.5 Å². The molecule has 4 aliphatic rings. The van der Waals surface area contributed by atoms with Crippen LogP contribution in [0.15, 0.2) is 72.8 Å². The van der Waals surface area contributed by atoms with Crippen LogP contribution in [-0.4, -0.2) is 0 Å². The summed E-state index contributed by atoms with van der Waals surface area (Å²) in [5, 5.41) is 17.9. The lowest BCUT2D eigenvalue weighted by Crippen LogP contribution is -2.14. The Balaban J connectivity index is 0.000000198. The molecule has 0 bridgehead atoms. The van der Waals surface area contributed by atoms with Gasteiger partial charge in [0.15, 0.2) is 0 Å². The van der Waals surface area contributed by atoms with E-state index in [-0.39, 0.29) is 0 Å². The molecule has 0 unspecified atom stereocenters. The van der Waals surface area contributed by atoms with Gasteiger partial charge in [-0.1, -0.05) is 94.5 Å². The summed E-state index contributed by atoms with van der Waals surface area (Å²) in [5.41, 5.74) is 4.40. The Hall–Kier alpha value is -3.10. The van der Waals surface area contributed by atoms with Gasteiger partial charge in [0.25, 0.3) is 0 Å². The standard InChI is InChI=1S/C25H35N.C24H33N/c1-2-3-4-20-5-7-21(8-6-20)9-10-22-11-15-24(16-12-22)25-17-13-23(19-26)14-18-25;1-2-3-19-4-6-20(7-5-19)8-9-21-10-14-23(15-11-21)24-16-12-22(18-25)13-17-24/h9-10,13-14,17-18,20-22,24H,2-8,11-12,15-16H2,1H3;8-9,12-13,16-17,19-21,23H,2-7,10-11,14-15H2,1H3. The highest BCUT2D eigenvalue weighted by Crippen LogP contribution is 2.39. The third kappa shape index (κ3) is 12.8. The van der Waals surface area contributed by atoms with Crippen LogP contribution in [-0.2, 0) is 0 Å². The summed E-state index contributed by atoms with van der Waals surface area (Å²) >= 11 is 0. The van der Waals surface area contributed by atoms with Gasteiger partial charge in [0.2, 0.25) is 0 Å². The van der Waals surface area contributed by atoms with E-state index >= 15 is 0 Å². The number of hydrogen-bond donors (Lipinski definition) is 0. The number of nitrogens with zero attached hydrogens (tertiary/aromatic N) is 2. The van der Waals surface area contributed by atoms with Gasteiger partial charge in [-0.3, -0.25) is 0 Å². The van der Waals surface area contributed by atoms with Gasteiger partial charge in [0, 0.05) is 0 Å². The molecule has 6 rings (SSSR count). The van der Waals surface area contributed by atoms with E-state index in [1.54, 1.807) is 0 Å². The molecule has 0 spiro atoms. The Kier molecular flexibility index (Phi) is 16.4. The summed E-state index contributed by atoms with van der Waals surface area (Å²) in [6.45, 7) is 4.63. The van der Waals surface area contributed by atoms with Crippen molar-refractivity contribution < 1.29 is 0 Å². The molecule has 4 fully saturated rings. The summed E-state index contributed by atoms with van der Waals surface area (Å²) < 4.78 is 0. The van der Waals surface area contributed by atoms with E-state index < -0.39 is 0 Å². The number of allylic oxidation sites excluding steroid dienone is 4. The average molecular weight is 685 g/mol. The van der Waals surface area contributed by atoms with Gasteiger partial charge in [-0.05, 0) is 185 Å². The molecule has 2 aromatic rings. The second kappa shape index (κ2) is 21.4. The highest BCUT2D eigenvalue weighted by Gasteiger charge is 2.24. The quantitative estimate of drug-likeness (QED) is 0.221. The zero-order chi connectivity index (χ0) is 35.7. The van der Waals surface area contributed by atoms with Gasteiger partial charge in [0.05, 0.1) is 23.3 Å². The smallest absolute Gasteiger partial charge is 0.0991 e. The molecule has 0 heterocycles. The summed E-state index contributed by atoms with van der Waals surface area (Å²) in [4.78, 5) is 0. The molecule has 2 aromatic carbocycles. The van der Waals surface area contributed by atoms with Crippen molar-refractivity contribution in [1.29, 1.82) is 10.5 Å². The fourth-order valence-corrected chi connectivity index (χ4v) is 9.82. The molecule has 2 heteroatoms.